The molecule has 178 valence electrons. The highest BCUT2D eigenvalue weighted by Crippen LogP contribution is 2.20. The number of hydrogen-bond acceptors (Lipinski definition) is 6. The molecule has 0 spiro atoms. The smallest absolute Gasteiger partial charge is 0.494 e. The van der Waals surface area contributed by atoms with Crippen molar-refractivity contribution in [2.45, 2.75) is 33.2 Å². The third kappa shape index (κ3) is 8.58. The zero-order valence-electron chi connectivity index (χ0n) is 19.4. The molecule has 0 fully saturated rings. The van der Waals surface area contributed by atoms with E-state index in [0.29, 0.717) is 54.9 Å². The van der Waals surface area contributed by atoms with Gasteiger partial charge in [-0.2, -0.15) is 0 Å². The Labute approximate surface area is 196 Å². The van der Waals surface area contributed by atoms with Crippen molar-refractivity contribution in [3.05, 3.63) is 71.3 Å². The van der Waals surface area contributed by atoms with Crippen LogP contribution in [0.2, 0.25) is 6.04 Å². The Morgan fingerprint density at radius 2 is 1.36 bits per heavy atom. The highest BCUT2D eigenvalue weighted by Gasteiger charge is 2.39. The number of carbonyl (C=O) groups is 2. The lowest BCUT2D eigenvalue weighted by atomic mass is 10.0. The molecule has 0 bridgehead atoms. The number of aliphatic carboxylic acids is 1. The Kier molecular flexibility index (Phi) is 11.0. The van der Waals surface area contributed by atoms with E-state index in [1.165, 1.54) is 6.08 Å². The van der Waals surface area contributed by atoms with Gasteiger partial charge in [0.1, 0.15) is 5.75 Å². The molecule has 0 aliphatic heterocycles. The van der Waals surface area contributed by atoms with Crippen LogP contribution in [-0.2, 0) is 18.1 Å². The standard InChI is InChI=1S/C25H32O7Si/c1-4-30-33(31-5-2,32-6-3)19-7-18-29-23-15-13-22(14-16-23)25(28)21-11-8-20(9-12-21)10-17-24(26)27/h8-17H,4-7,18-19H2,1-3H3,(H,26,27). The summed E-state index contributed by atoms with van der Waals surface area (Å²) in [5, 5.41) is 8.69. The van der Waals surface area contributed by atoms with Crippen molar-refractivity contribution in [3.63, 3.8) is 0 Å². The van der Waals surface area contributed by atoms with Gasteiger partial charge in [0.2, 0.25) is 0 Å². The summed E-state index contributed by atoms with van der Waals surface area (Å²) < 4.78 is 23.4. The second-order valence-corrected chi connectivity index (χ2v) is 9.81. The van der Waals surface area contributed by atoms with Gasteiger partial charge in [-0.3, -0.25) is 4.79 Å². The Bertz CT molecular complexity index is 890. The van der Waals surface area contributed by atoms with Crippen molar-refractivity contribution in [1.29, 1.82) is 0 Å². The van der Waals surface area contributed by atoms with Gasteiger partial charge in [0.15, 0.2) is 5.78 Å². The number of hydrogen-bond donors (Lipinski definition) is 1. The van der Waals surface area contributed by atoms with E-state index in [4.69, 9.17) is 23.1 Å². The van der Waals surface area contributed by atoms with E-state index in [9.17, 15) is 9.59 Å². The largest absolute Gasteiger partial charge is 0.501 e. The molecular formula is C25H32O7Si. The lowest BCUT2D eigenvalue weighted by Gasteiger charge is -2.28. The van der Waals surface area contributed by atoms with E-state index < -0.39 is 14.8 Å². The summed E-state index contributed by atoms with van der Waals surface area (Å²) in [6.07, 6.45) is 3.27. The number of carboxylic acids is 1. The van der Waals surface area contributed by atoms with Gasteiger partial charge in [-0.25, -0.2) is 4.79 Å². The first-order valence-electron chi connectivity index (χ1n) is 11.1. The maximum Gasteiger partial charge on any atom is 0.501 e. The molecule has 0 unspecified atom stereocenters. The summed E-state index contributed by atoms with van der Waals surface area (Å²) in [7, 11) is -2.67. The predicted molar refractivity (Wildman–Crippen MR) is 129 cm³/mol. The van der Waals surface area contributed by atoms with Crippen molar-refractivity contribution in [2.24, 2.45) is 0 Å². The molecule has 2 aromatic carbocycles. The summed E-state index contributed by atoms with van der Waals surface area (Å²) >= 11 is 0. The molecular weight excluding hydrogens is 440 g/mol. The number of rotatable bonds is 15. The van der Waals surface area contributed by atoms with E-state index in [1.54, 1.807) is 48.5 Å². The molecule has 0 aliphatic rings. The SMILES string of the molecule is CCO[Si](CCCOc1ccc(C(=O)c2ccc(C=CC(=O)O)cc2)cc1)(OCC)OCC. The molecule has 2 aromatic rings. The average Bonchev–Trinajstić information content (AvgIpc) is 2.81. The molecule has 0 saturated heterocycles. The molecule has 2 rings (SSSR count). The summed E-state index contributed by atoms with van der Waals surface area (Å²) in [5.74, 6) is -0.454. The summed E-state index contributed by atoms with van der Waals surface area (Å²) in [6.45, 7) is 7.93. The highest BCUT2D eigenvalue weighted by atomic mass is 28.4. The van der Waals surface area contributed by atoms with Crippen LogP contribution in [0.15, 0.2) is 54.6 Å². The second kappa shape index (κ2) is 13.7. The lowest BCUT2D eigenvalue weighted by Crippen LogP contribution is -2.46. The van der Waals surface area contributed by atoms with Crippen LogP contribution in [-0.4, -0.2) is 52.1 Å². The van der Waals surface area contributed by atoms with Crippen molar-refractivity contribution >= 4 is 26.6 Å². The first-order valence-corrected chi connectivity index (χ1v) is 13.1. The van der Waals surface area contributed by atoms with Gasteiger partial charge in [0.25, 0.3) is 0 Å². The van der Waals surface area contributed by atoms with Crippen molar-refractivity contribution in [2.75, 3.05) is 26.4 Å². The van der Waals surface area contributed by atoms with Gasteiger partial charge in [0.05, 0.1) is 6.61 Å². The molecule has 7 nitrogen and oxygen atoms in total. The number of carboxylic acid groups (broad SMARTS) is 1. The molecule has 0 saturated carbocycles. The normalized spacial score (nSPS) is 11.6. The minimum atomic E-state index is -2.67. The number of ketones is 1. The van der Waals surface area contributed by atoms with Crippen LogP contribution in [0, 0.1) is 0 Å². The van der Waals surface area contributed by atoms with E-state index in [2.05, 4.69) is 0 Å². The molecule has 0 aliphatic carbocycles. The topological polar surface area (TPSA) is 91.3 Å². The maximum atomic E-state index is 12.7. The van der Waals surface area contributed by atoms with Crippen LogP contribution in [0.4, 0.5) is 0 Å². The van der Waals surface area contributed by atoms with Gasteiger partial charge in [-0.1, -0.05) is 24.3 Å². The summed E-state index contributed by atoms with van der Waals surface area (Å²) in [4.78, 5) is 23.3. The molecule has 8 heteroatoms. The molecule has 0 heterocycles. The van der Waals surface area contributed by atoms with E-state index >= 15 is 0 Å². The summed E-state index contributed by atoms with van der Waals surface area (Å²) in [5.41, 5.74) is 1.79. The molecule has 33 heavy (non-hydrogen) atoms. The number of carbonyl (C=O) groups excluding carboxylic acids is 1. The van der Waals surface area contributed by atoms with E-state index in [-0.39, 0.29) is 5.78 Å². The number of benzene rings is 2. The van der Waals surface area contributed by atoms with Crippen molar-refractivity contribution in [1.82, 2.24) is 0 Å². The predicted octanol–water partition coefficient (Wildman–Crippen LogP) is 4.83. The first kappa shape index (κ1) is 26.5. The van der Waals surface area contributed by atoms with Gasteiger partial charge in [-0.05, 0) is 63.1 Å². The zero-order valence-corrected chi connectivity index (χ0v) is 20.4. The Morgan fingerprint density at radius 1 is 0.848 bits per heavy atom. The Balaban J connectivity index is 1.90. The van der Waals surface area contributed by atoms with Crippen LogP contribution in [0.5, 0.6) is 5.75 Å². The van der Waals surface area contributed by atoms with Crippen LogP contribution >= 0.6 is 0 Å². The van der Waals surface area contributed by atoms with Gasteiger partial charge in [-0.15, -0.1) is 0 Å². The van der Waals surface area contributed by atoms with Crippen LogP contribution in [0.3, 0.4) is 0 Å². The van der Waals surface area contributed by atoms with Crippen molar-refractivity contribution < 1.29 is 32.7 Å². The van der Waals surface area contributed by atoms with Crippen LogP contribution in [0.1, 0.15) is 48.7 Å². The third-order valence-electron chi connectivity index (χ3n) is 4.70. The van der Waals surface area contributed by atoms with Crippen molar-refractivity contribution in [3.8, 4) is 5.75 Å². The average molecular weight is 473 g/mol. The molecule has 0 atom stereocenters. The van der Waals surface area contributed by atoms with Gasteiger partial charge < -0.3 is 23.1 Å². The molecule has 1 N–H and O–H groups in total. The quantitative estimate of drug-likeness (QED) is 0.172. The highest BCUT2D eigenvalue weighted by molar-refractivity contribution is 6.60. The van der Waals surface area contributed by atoms with Gasteiger partial charge >= 0.3 is 14.8 Å². The van der Waals surface area contributed by atoms with E-state index in [1.807, 2.05) is 20.8 Å². The molecule has 0 aromatic heterocycles. The number of ether oxygens (including phenoxy) is 1. The first-order chi connectivity index (χ1) is 15.9. The molecule has 0 amide bonds. The van der Waals surface area contributed by atoms with Crippen LogP contribution < -0.4 is 4.74 Å². The third-order valence-corrected chi connectivity index (χ3v) is 7.85. The second-order valence-electron chi connectivity index (χ2n) is 7.08. The van der Waals surface area contributed by atoms with Crippen LogP contribution in [0.25, 0.3) is 6.08 Å². The zero-order chi connectivity index (χ0) is 24.1. The monoisotopic (exact) mass is 472 g/mol. The Morgan fingerprint density at radius 3 is 1.85 bits per heavy atom. The summed E-state index contributed by atoms with van der Waals surface area (Å²) in [6, 6.07) is 14.5. The maximum absolute atomic E-state index is 12.7. The minimum Gasteiger partial charge on any atom is -0.494 e. The molecule has 0 radical (unpaired) electrons. The fraction of sp³-hybridized carbons (Fsp3) is 0.360. The minimum absolute atomic E-state index is 0.115. The van der Waals surface area contributed by atoms with Gasteiger partial charge in [0, 0.05) is 43.1 Å². The lowest BCUT2D eigenvalue weighted by molar-refractivity contribution is -0.131. The Hall–Kier alpha value is -2.78. The van der Waals surface area contributed by atoms with E-state index in [0.717, 1.165) is 12.5 Å². The fourth-order valence-electron chi connectivity index (χ4n) is 3.26. The fourth-order valence-corrected chi connectivity index (χ4v) is 5.84.